The Balaban J connectivity index is 2.20. The maximum atomic E-state index is 13.8. The van der Waals surface area contributed by atoms with Crippen molar-refractivity contribution in [2.75, 3.05) is 11.5 Å². The van der Waals surface area contributed by atoms with E-state index < -0.39 is 0 Å². The molecule has 0 amide bonds. The summed E-state index contributed by atoms with van der Waals surface area (Å²) in [5, 5.41) is 1.14. The van der Waals surface area contributed by atoms with E-state index in [1.165, 1.54) is 6.07 Å². The average molecular weight is 292 g/mol. The van der Waals surface area contributed by atoms with E-state index >= 15 is 0 Å². The summed E-state index contributed by atoms with van der Waals surface area (Å²) < 4.78 is 13.8. The summed E-state index contributed by atoms with van der Waals surface area (Å²) >= 11 is 9.50. The molecule has 3 unspecified atom stereocenters. The van der Waals surface area contributed by atoms with Gasteiger partial charge in [-0.15, -0.1) is 0 Å². The lowest BCUT2D eigenvalue weighted by Gasteiger charge is -2.32. The van der Waals surface area contributed by atoms with Gasteiger partial charge in [0.25, 0.3) is 0 Å². The van der Waals surface area contributed by atoms with Crippen LogP contribution in [0.2, 0.25) is 5.02 Å². The standard InChI is InChI=1S/C12H15ClFNS2/c1-7-12(17-5-4-16-7)11(15)9-3-2-8(13)6-10(9)14/h2-3,6-7,11-12H,4-5,15H2,1H3. The Hall–Kier alpha value is 0.1000. The normalized spacial score (nSPS) is 26.8. The molecule has 5 heteroatoms. The second-order valence-electron chi connectivity index (χ2n) is 4.10. The zero-order valence-electron chi connectivity index (χ0n) is 9.53. The fourth-order valence-corrected chi connectivity index (χ4v) is 5.02. The first kappa shape index (κ1) is 13.5. The highest BCUT2D eigenvalue weighted by Crippen LogP contribution is 2.38. The Morgan fingerprint density at radius 1 is 1.41 bits per heavy atom. The molecule has 17 heavy (non-hydrogen) atoms. The summed E-state index contributed by atoms with van der Waals surface area (Å²) in [5.41, 5.74) is 6.76. The van der Waals surface area contributed by atoms with E-state index in [2.05, 4.69) is 6.92 Å². The van der Waals surface area contributed by atoms with Crippen LogP contribution in [-0.4, -0.2) is 22.0 Å². The summed E-state index contributed by atoms with van der Waals surface area (Å²) in [5.74, 6) is 1.94. The summed E-state index contributed by atoms with van der Waals surface area (Å²) in [6, 6.07) is 4.47. The molecule has 1 aliphatic heterocycles. The highest BCUT2D eigenvalue weighted by atomic mass is 35.5. The second kappa shape index (κ2) is 5.83. The molecule has 0 spiro atoms. The van der Waals surface area contributed by atoms with Gasteiger partial charge in [-0.05, 0) is 12.1 Å². The van der Waals surface area contributed by atoms with Crippen LogP contribution in [0.3, 0.4) is 0 Å². The van der Waals surface area contributed by atoms with E-state index in [1.54, 1.807) is 12.1 Å². The van der Waals surface area contributed by atoms with Crippen LogP contribution in [0, 0.1) is 5.82 Å². The maximum absolute atomic E-state index is 13.8. The Bertz CT molecular complexity index is 402. The molecule has 1 heterocycles. The van der Waals surface area contributed by atoms with Gasteiger partial charge in [-0.1, -0.05) is 24.6 Å². The number of rotatable bonds is 2. The van der Waals surface area contributed by atoms with Crippen LogP contribution in [0.25, 0.3) is 0 Å². The predicted octanol–water partition coefficient (Wildman–Crippen LogP) is 3.72. The van der Waals surface area contributed by atoms with Gasteiger partial charge in [0, 0.05) is 38.6 Å². The fourth-order valence-electron chi connectivity index (χ4n) is 1.99. The lowest BCUT2D eigenvalue weighted by atomic mass is 10.0. The van der Waals surface area contributed by atoms with Crippen LogP contribution in [0.5, 0.6) is 0 Å². The summed E-state index contributed by atoms with van der Waals surface area (Å²) in [4.78, 5) is 0. The highest BCUT2D eigenvalue weighted by Gasteiger charge is 2.30. The molecule has 1 saturated heterocycles. The van der Waals surface area contributed by atoms with Crippen LogP contribution in [0.4, 0.5) is 4.39 Å². The molecular weight excluding hydrogens is 277 g/mol. The summed E-state index contributed by atoms with van der Waals surface area (Å²) in [7, 11) is 0. The SMILES string of the molecule is CC1SCCSC1C(N)c1ccc(Cl)cc1F. The van der Waals surface area contributed by atoms with Crippen molar-refractivity contribution in [2.24, 2.45) is 5.73 Å². The van der Waals surface area contributed by atoms with Crippen LogP contribution in [0.1, 0.15) is 18.5 Å². The summed E-state index contributed by atoms with van der Waals surface area (Å²) in [6.45, 7) is 2.16. The van der Waals surface area contributed by atoms with Gasteiger partial charge in [-0.25, -0.2) is 4.39 Å². The van der Waals surface area contributed by atoms with Gasteiger partial charge >= 0.3 is 0 Å². The molecule has 1 fully saturated rings. The monoisotopic (exact) mass is 291 g/mol. The van der Waals surface area contributed by atoms with Crippen LogP contribution >= 0.6 is 35.1 Å². The van der Waals surface area contributed by atoms with Gasteiger partial charge in [-0.3, -0.25) is 0 Å². The number of halogens is 2. The Kier molecular flexibility index (Phi) is 4.64. The molecule has 1 aromatic rings. The molecule has 1 aliphatic rings. The third kappa shape index (κ3) is 3.11. The largest absolute Gasteiger partial charge is 0.323 e. The lowest BCUT2D eigenvalue weighted by Crippen LogP contribution is -2.34. The molecular formula is C12H15ClFNS2. The molecule has 1 nitrogen and oxygen atoms in total. The average Bonchev–Trinajstić information content (AvgIpc) is 2.29. The molecule has 2 N–H and O–H groups in total. The molecule has 0 aliphatic carbocycles. The Labute approximate surface area is 115 Å². The third-order valence-electron chi connectivity index (χ3n) is 2.91. The molecule has 2 rings (SSSR count). The number of benzene rings is 1. The van der Waals surface area contributed by atoms with E-state index in [4.69, 9.17) is 17.3 Å². The van der Waals surface area contributed by atoms with Crippen molar-refractivity contribution < 1.29 is 4.39 Å². The molecule has 3 atom stereocenters. The molecule has 1 aromatic carbocycles. The van der Waals surface area contributed by atoms with Crippen molar-refractivity contribution in [3.05, 3.63) is 34.6 Å². The van der Waals surface area contributed by atoms with E-state index in [9.17, 15) is 4.39 Å². The number of hydrogen-bond donors (Lipinski definition) is 1. The Morgan fingerprint density at radius 3 is 2.76 bits per heavy atom. The van der Waals surface area contributed by atoms with E-state index in [1.807, 2.05) is 23.5 Å². The molecule has 0 radical (unpaired) electrons. The first-order valence-electron chi connectivity index (χ1n) is 5.53. The van der Waals surface area contributed by atoms with Crippen LogP contribution < -0.4 is 5.73 Å². The van der Waals surface area contributed by atoms with Crippen molar-refractivity contribution >= 4 is 35.1 Å². The van der Waals surface area contributed by atoms with E-state index in [0.29, 0.717) is 15.8 Å². The van der Waals surface area contributed by atoms with Gasteiger partial charge in [0.05, 0.1) is 0 Å². The smallest absolute Gasteiger partial charge is 0.129 e. The van der Waals surface area contributed by atoms with Crippen molar-refractivity contribution in [1.82, 2.24) is 0 Å². The van der Waals surface area contributed by atoms with Crippen LogP contribution in [-0.2, 0) is 0 Å². The number of hydrogen-bond acceptors (Lipinski definition) is 3. The minimum absolute atomic E-state index is 0.264. The van der Waals surface area contributed by atoms with Gasteiger partial charge in [0.2, 0.25) is 0 Å². The maximum Gasteiger partial charge on any atom is 0.129 e. The summed E-state index contributed by atoms with van der Waals surface area (Å²) in [6.07, 6.45) is 0. The minimum Gasteiger partial charge on any atom is -0.323 e. The zero-order chi connectivity index (χ0) is 12.4. The first-order valence-corrected chi connectivity index (χ1v) is 8.01. The fraction of sp³-hybridized carbons (Fsp3) is 0.500. The number of thioether (sulfide) groups is 2. The van der Waals surface area contributed by atoms with Gasteiger partial charge < -0.3 is 5.73 Å². The van der Waals surface area contributed by atoms with Crippen molar-refractivity contribution in [3.63, 3.8) is 0 Å². The minimum atomic E-state index is -0.298. The molecule has 0 saturated carbocycles. The number of nitrogens with two attached hydrogens (primary N) is 1. The second-order valence-corrected chi connectivity index (χ2v) is 7.31. The van der Waals surface area contributed by atoms with Crippen molar-refractivity contribution in [3.8, 4) is 0 Å². The quantitative estimate of drug-likeness (QED) is 0.899. The molecule has 0 bridgehead atoms. The van der Waals surface area contributed by atoms with Crippen molar-refractivity contribution in [2.45, 2.75) is 23.5 Å². The Morgan fingerprint density at radius 2 is 2.12 bits per heavy atom. The first-order chi connectivity index (χ1) is 8.09. The third-order valence-corrected chi connectivity index (χ3v) is 6.36. The topological polar surface area (TPSA) is 26.0 Å². The van der Waals surface area contributed by atoms with Gasteiger partial charge in [-0.2, -0.15) is 23.5 Å². The molecule has 94 valence electrons. The van der Waals surface area contributed by atoms with E-state index in [0.717, 1.165) is 11.5 Å². The van der Waals surface area contributed by atoms with Crippen LogP contribution in [0.15, 0.2) is 18.2 Å². The highest BCUT2D eigenvalue weighted by molar-refractivity contribution is 8.07. The van der Waals surface area contributed by atoms with E-state index in [-0.39, 0.29) is 17.1 Å². The molecule has 0 aromatic heterocycles. The van der Waals surface area contributed by atoms with Crippen molar-refractivity contribution in [1.29, 1.82) is 0 Å². The van der Waals surface area contributed by atoms with Gasteiger partial charge in [0.1, 0.15) is 5.82 Å². The lowest BCUT2D eigenvalue weighted by molar-refractivity contribution is 0.569. The zero-order valence-corrected chi connectivity index (χ0v) is 11.9. The predicted molar refractivity (Wildman–Crippen MR) is 76.5 cm³/mol. The van der Waals surface area contributed by atoms with Gasteiger partial charge in [0.15, 0.2) is 0 Å².